The molecule has 0 bridgehead atoms. The van der Waals surface area contributed by atoms with E-state index >= 15 is 0 Å². The lowest BCUT2D eigenvalue weighted by Crippen LogP contribution is -2.45. The zero-order chi connectivity index (χ0) is 13.9. The summed E-state index contributed by atoms with van der Waals surface area (Å²) in [6, 6.07) is -0.283. The highest BCUT2D eigenvalue weighted by atomic mass is 127. The van der Waals surface area contributed by atoms with Gasteiger partial charge in [0, 0.05) is 0 Å². The molecule has 0 aromatic heterocycles. The lowest BCUT2D eigenvalue weighted by Gasteiger charge is -2.34. The number of ether oxygens (including phenoxy) is 1. The van der Waals surface area contributed by atoms with E-state index in [1.165, 1.54) is 32.1 Å². The zero-order valence-electron chi connectivity index (χ0n) is 11.4. The van der Waals surface area contributed by atoms with Crippen LogP contribution in [0.5, 0.6) is 0 Å². The van der Waals surface area contributed by atoms with Crippen LogP contribution >= 0.6 is 22.6 Å². The second-order valence-electron chi connectivity index (χ2n) is 5.60. The molecule has 2 nitrogen and oxygen atoms in total. The molecule has 1 heterocycles. The summed E-state index contributed by atoms with van der Waals surface area (Å²) < 4.78 is 32.6. The van der Waals surface area contributed by atoms with Gasteiger partial charge < -0.3 is 4.74 Å². The smallest absolute Gasteiger partial charge is 0.270 e. The van der Waals surface area contributed by atoms with E-state index in [2.05, 4.69) is 4.99 Å². The molecule has 2 atom stereocenters. The first-order valence-corrected chi connectivity index (χ1v) is 8.49. The summed E-state index contributed by atoms with van der Waals surface area (Å²) in [5, 5.41) is 0. The number of rotatable bonds is 3. The van der Waals surface area contributed by atoms with Crippen molar-refractivity contribution in [3.8, 4) is 0 Å². The fourth-order valence-electron chi connectivity index (χ4n) is 3.07. The summed E-state index contributed by atoms with van der Waals surface area (Å²) >= 11 is 1.88. The molecule has 5 heteroatoms. The van der Waals surface area contributed by atoms with Gasteiger partial charge >= 0.3 is 0 Å². The van der Waals surface area contributed by atoms with Gasteiger partial charge in [0.25, 0.3) is 5.92 Å². The molecule has 2 aliphatic rings. The quantitative estimate of drug-likeness (QED) is 0.514. The SMILES string of the molecule is CCOC1=NC(CC2CCCCC2)C(I)C(F)(F)C1. The molecule has 1 aliphatic heterocycles. The van der Waals surface area contributed by atoms with Crippen molar-refractivity contribution in [3.63, 3.8) is 0 Å². The highest BCUT2D eigenvalue weighted by Gasteiger charge is 2.48. The molecular formula is C14H22F2INO. The molecule has 0 aromatic rings. The molecule has 110 valence electrons. The van der Waals surface area contributed by atoms with Crippen LogP contribution in [0, 0.1) is 5.92 Å². The van der Waals surface area contributed by atoms with Gasteiger partial charge in [-0.15, -0.1) is 0 Å². The van der Waals surface area contributed by atoms with Crippen molar-refractivity contribution < 1.29 is 13.5 Å². The van der Waals surface area contributed by atoms with Gasteiger partial charge in [-0.1, -0.05) is 54.7 Å². The molecule has 0 N–H and O–H groups in total. The molecule has 2 unspecified atom stereocenters. The first-order valence-electron chi connectivity index (χ1n) is 7.24. The van der Waals surface area contributed by atoms with Crippen molar-refractivity contribution in [2.24, 2.45) is 10.9 Å². The molecule has 0 saturated heterocycles. The van der Waals surface area contributed by atoms with E-state index in [0.29, 0.717) is 12.5 Å². The molecule has 0 aromatic carbocycles. The second kappa shape index (κ2) is 6.68. The van der Waals surface area contributed by atoms with E-state index in [4.69, 9.17) is 4.74 Å². The van der Waals surface area contributed by atoms with Crippen molar-refractivity contribution in [1.82, 2.24) is 0 Å². The van der Waals surface area contributed by atoms with Crippen LogP contribution in [-0.2, 0) is 4.74 Å². The van der Waals surface area contributed by atoms with Gasteiger partial charge in [0.15, 0.2) is 5.90 Å². The standard InChI is InChI=1S/C14H22F2INO/c1-2-19-12-9-14(15,16)13(17)11(18-12)8-10-6-4-3-5-7-10/h10-11,13H,2-9H2,1H3. The Hall–Kier alpha value is 0.0600. The van der Waals surface area contributed by atoms with Gasteiger partial charge in [-0.3, -0.25) is 4.99 Å². The number of alkyl halides is 3. The minimum Gasteiger partial charge on any atom is -0.481 e. The lowest BCUT2D eigenvalue weighted by atomic mass is 9.83. The van der Waals surface area contributed by atoms with Crippen molar-refractivity contribution in [2.75, 3.05) is 6.61 Å². The minimum atomic E-state index is -2.69. The van der Waals surface area contributed by atoms with Crippen LogP contribution in [0.4, 0.5) is 8.78 Å². The predicted octanol–water partition coefficient (Wildman–Crippen LogP) is 4.60. The summed E-state index contributed by atoms with van der Waals surface area (Å²) in [5.74, 6) is -1.87. The Balaban J connectivity index is 2.04. The van der Waals surface area contributed by atoms with Gasteiger partial charge in [0.2, 0.25) is 0 Å². The molecule has 1 fully saturated rings. The van der Waals surface area contributed by atoms with Gasteiger partial charge in [0.1, 0.15) is 0 Å². The Morgan fingerprint density at radius 2 is 2.00 bits per heavy atom. The average molecular weight is 385 g/mol. The zero-order valence-corrected chi connectivity index (χ0v) is 13.5. The van der Waals surface area contributed by atoms with Gasteiger partial charge in [0.05, 0.1) is 23.0 Å². The molecule has 1 saturated carbocycles. The normalized spacial score (nSPS) is 31.9. The molecule has 1 aliphatic carbocycles. The number of aliphatic imine (C=N–C) groups is 1. The number of hydrogen-bond acceptors (Lipinski definition) is 2. The summed E-state index contributed by atoms with van der Waals surface area (Å²) in [4.78, 5) is 4.45. The summed E-state index contributed by atoms with van der Waals surface area (Å²) in [5.41, 5.74) is 0. The Labute approximate surface area is 127 Å². The Morgan fingerprint density at radius 3 is 2.63 bits per heavy atom. The van der Waals surface area contributed by atoms with Crippen LogP contribution in [0.15, 0.2) is 4.99 Å². The third kappa shape index (κ3) is 4.02. The van der Waals surface area contributed by atoms with Crippen LogP contribution in [0.3, 0.4) is 0 Å². The number of hydrogen-bond donors (Lipinski definition) is 0. The third-order valence-corrected chi connectivity index (χ3v) is 5.79. The largest absolute Gasteiger partial charge is 0.481 e. The van der Waals surface area contributed by atoms with Gasteiger partial charge in [-0.2, -0.15) is 0 Å². The van der Waals surface area contributed by atoms with Crippen LogP contribution in [0.2, 0.25) is 0 Å². The first kappa shape index (κ1) is 15.4. The van der Waals surface area contributed by atoms with Crippen LogP contribution in [-0.4, -0.2) is 28.4 Å². The van der Waals surface area contributed by atoms with E-state index < -0.39 is 9.85 Å². The minimum absolute atomic E-state index is 0.251. The Bertz CT molecular complexity index is 329. The van der Waals surface area contributed by atoms with Crippen LogP contribution in [0.25, 0.3) is 0 Å². The molecule has 19 heavy (non-hydrogen) atoms. The lowest BCUT2D eigenvalue weighted by molar-refractivity contribution is -0.00799. The van der Waals surface area contributed by atoms with Crippen molar-refractivity contribution in [3.05, 3.63) is 0 Å². The van der Waals surface area contributed by atoms with E-state index in [9.17, 15) is 8.78 Å². The topological polar surface area (TPSA) is 21.6 Å². The highest BCUT2D eigenvalue weighted by Crippen LogP contribution is 2.40. The molecule has 0 radical (unpaired) electrons. The summed E-state index contributed by atoms with van der Waals surface area (Å²) in [7, 11) is 0. The fraction of sp³-hybridized carbons (Fsp3) is 0.929. The van der Waals surface area contributed by atoms with E-state index in [-0.39, 0.29) is 18.4 Å². The van der Waals surface area contributed by atoms with Crippen molar-refractivity contribution >= 4 is 28.5 Å². The number of halogens is 3. The van der Waals surface area contributed by atoms with Gasteiger partial charge in [-0.05, 0) is 19.3 Å². The number of nitrogens with zero attached hydrogens (tertiary/aromatic N) is 1. The molecular weight excluding hydrogens is 363 g/mol. The van der Waals surface area contributed by atoms with E-state index in [1.807, 2.05) is 29.5 Å². The van der Waals surface area contributed by atoms with E-state index in [1.54, 1.807) is 0 Å². The monoisotopic (exact) mass is 385 g/mol. The predicted molar refractivity (Wildman–Crippen MR) is 81.4 cm³/mol. The molecule has 0 spiro atoms. The van der Waals surface area contributed by atoms with Gasteiger partial charge in [-0.25, -0.2) is 8.78 Å². The fourth-order valence-corrected chi connectivity index (χ4v) is 3.74. The second-order valence-corrected chi connectivity index (χ2v) is 6.94. The van der Waals surface area contributed by atoms with Crippen LogP contribution in [0.1, 0.15) is 51.9 Å². The first-order chi connectivity index (χ1) is 9.03. The summed E-state index contributed by atoms with van der Waals surface area (Å²) in [6.07, 6.45) is 6.56. The Morgan fingerprint density at radius 1 is 1.32 bits per heavy atom. The van der Waals surface area contributed by atoms with E-state index in [0.717, 1.165) is 6.42 Å². The van der Waals surface area contributed by atoms with Crippen molar-refractivity contribution in [2.45, 2.75) is 67.8 Å². The third-order valence-electron chi connectivity index (χ3n) is 4.05. The maximum absolute atomic E-state index is 14.0. The van der Waals surface area contributed by atoms with Crippen molar-refractivity contribution in [1.29, 1.82) is 0 Å². The molecule has 0 amide bonds. The highest BCUT2D eigenvalue weighted by molar-refractivity contribution is 14.1. The Kier molecular flexibility index (Phi) is 5.43. The maximum atomic E-state index is 14.0. The average Bonchev–Trinajstić information content (AvgIpc) is 2.37. The maximum Gasteiger partial charge on any atom is 0.270 e. The molecule has 2 rings (SSSR count). The van der Waals surface area contributed by atoms with Crippen LogP contribution < -0.4 is 0 Å². The summed E-state index contributed by atoms with van der Waals surface area (Å²) in [6.45, 7) is 2.23.